The van der Waals surface area contributed by atoms with Crippen LogP contribution in [-0.4, -0.2) is 13.2 Å². The van der Waals surface area contributed by atoms with Gasteiger partial charge in [0.2, 0.25) is 0 Å². The summed E-state index contributed by atoms with van der Waals surface area (Å²) in [4.78, 5) is 0. The van der Waals surface area contributed by atoms with E-state index in [2.05, 4.69) is 22.6 Å². The Morgan fingerprint density at radius 2 is 1.92 bits per heavy atom. The van der Waals surface area contributed by atoms with Gasteiger partial charge in [-0.25, -0.2) is 0 Å². The topological polar surface area (TPSA) is 35.2 Å². The maximum Gasteiger partial charge on any atom is 0.119 e. The second kappa shape index (κ2) is 5.37. The van der Waals surface area contributed by atoms with Gasteiger partial charge in [0, 0.05) is 3.57 Å². The Morgan fingerprint density at radius 3 is 2.50 bits per heavy atom. The Hall–Kier alpha value is -0.290. The van der Waals surface area contributed by atoms with Crippen LogP contribution in [0.2, 0.25) is 0 Å². The zero-order valence-corrected chi connectivity index (χ0v) is 8.95. The Labute approximate surface area is 86.2 Å². The van der Waals surface area contributed by atoms with Gasteiger partial charge in [-0.15, -0.1) is 0 Å². The largest absolute Gasteiger partial charge is 0.494 e. The fourth-order valence-electron chi connectivity index (χ4n) is 0.804. The lowest BCUT2D eigenvalue weighted by Gasteiger charge is -2.04. The van der Waals surface area contributed by atoms with Crippen LogP contribution in [0.3, 0.4) is 0 Å². The van der Waals surface area contributed by atoms with Crippen LogP contribution < -0.4 is 10.5 Å². The molecular formula is C9H12INO. The van der Waals surface area contributed by atoms with Crippen LogP contribution in [0.4, 0.5) is 0 Å². The number of rotatable bonds is 4. The van der Waals surface area contributed by atoms with E-state index in [-0.39, 0.29) is 0 Å². The second-order valence-corrected chi connectivity index (χ2v) is 3.69. The van der Waals surface area contributed by atoms with E-state index in [0.29, 0.717) is 13.2 Å². The average molecular weight is 277 g/mol. The van der Waals surface area contributed by atoms with Crippen LogP contribution in [0.5, 0.6) is 5.75 Å². The smallest absolute Gasteiger partial charge is 0.119 e. The fraction of sp³-hybridized carbons (Fsp3) is 0.333. The third kappa shape index (κ3) is 3.40. The van der Waals surface area contributed by atoms with Crippen molar-refractivity contribution in [3.63, 3.8) is 0 Å². The molecule has 2 N–H and O–H groups in total. The van der Waals surface area contributed by atoms with Gasteiger partial charge in [-0.05, 0) is 59.8 Å². The van der Waals surface area contributed by atoms with E-state index in [9.17, 15) is 0 Å². The van der Waals surface area contributed by atoms with Crippen LogP contribution in [0, 0.1) is 3.57 Å². The predicted octanol–water partition coefficient (Wildman–Crippen LogP) is 2.02. The standard InChI is InChI=1S/C9H12INO/c10-8-2-4-9(5-3-8)12-7-1-6-11/h2-5H,1,6-7,11H2. The van der Waals surface area contributed by atoms with Crippen molar-refractivity contribution < 1.29 is 4.74 Å². The van der Waals surface area contributed by atoms with Crippen molar-refractivity contribution in [2.75, 3.05) is 13.2 Å². The van der Waals surface area contributed by atoms with Crippen molar-refractivity contribution in [3.05, 3.63) is 27.8 Å². The first-order valence-corrected chi connectivity index (χ1v) is 4.99. The molecule has 66 valence electrons. The lowest BCUT2D eigenvalue weighted by Crippen LogP contribution is -2.05. The van der Waals surface area contributed by atoms with Gasteiger partial charge in [0.15, 0.2) is 0 Å². The molecule has 12 heavy (non-hydrogen) atoms. The quantitative estimate of drug-likeness (QED) is 0.675. The summed E-state index contributed by atoms with van der Waals surface area (Å²) in [5.41, 5.74) is 5.34. The first-order valence-electron chi connectivity index (χ1n) is 3.91. The van der Waals surface area contributed by atoms with Crippen molar-refractivity contribution in [2.24, 2.45) is 5.73 Å². The number of halogens is 1. The molecular weight excluding hydrogens is 265 g/mol. The average Bonchev–Trinajstić information content (AvgIpc) is 2.09. The van der Waals surface area contributed by atoms with Crippen LogP contribution >= 0.6 is 22.6 Å². The molecule has 0 heterocycles. The SMILES string of the molecule is NCCCOc1ccc(I)cc1. The lowest BCUT2D eigenvalue weighted by atomic mass is 10.3. The molecule has 0 atom stereocenters. The molecule has 0 radical (unpaired) electrons. The summed E-state index contributed by atoms with van der Waals surface area (Å²) in [6, 6.07) is 7.99. The predicted molar refractivity (Wildman–Crippen MR) is 58.3 cm³/mol. The van der Waals surface area contributed by atoms with Crippen molar-refractivity contribution in [2.45, 2.75) is 6.42 Å². The zero-order chi connectivity index (χ0) is 8.81. The van der Waals surface area contributed by atoms with Gasteiger partial charge in [-0.1, -0.05) is 0 Å². The Bertz CT molecular complexity index is 222. The summed E-state index contributed by atoms with van der Waals surface area (Å²) >= 11 is 2.27. The zero-order valence-electron chi connectivity index (χ0n) is 6.79. The van der Waals surface area contributed by atoms with Gasteiger partial charge in [0.1, 0.15) is 5.75 Å². The van der Waals surface area contributed by atoms with Gasteiger partial charge >= 0.3 is 0 Å². The molecule has 1 aromatic carbocycles. The van der Waals surface area contributed by atoms with E-state index >= 15 is 0 Å². The van der Waals surface area contributed by atoms with Crippen molar-refractivity contribution >= 4 is 22.6 Å². The van der Waals surface area contributed by atoms with Crippen LogP contribution in [-0.2, 0) is 0 Å². The van der Waals surface area contributed by atoms with Gasteiger partial charge in [0.05, 0.1) is 6.61 Å². The van der Waals surface area contributed by atoms with Crippen LogP contribution in [0.1, 0.15) is 6.42 Å². The molecule has 0 saturated carbocycles. The van der Waals surface area contributed by atoms with Gasteiger partial charge in [-0.3, -0.25) is 0 Å². The highest BCUT2D eigenvalue weighted by molar-refractivity contribution is 14.1. The number of hydrogen-bond donors (Lipinski definition) is 1. The van der Waals surface area contributed by atoms with Gasteiger partial charge < -0.3 is 10.5 Å². The molecule has 0 aromatic heterocycles. The molecule has 0 saturated heterocycles. The molecule has 0 spiro atoms. The molecule has 0 amide bonds. The normalized spacial score (nSPS) is 9.83. The highest BCUT2D eigenvalue weighted by Gasteiger charge is 1.91. The molecule has 0 fully saturated rings. The van der Waals surface area contributed by atoms with E-state index in [1.54, 1.807) is 0 Å². The Balaban J connectivity index is 2.37. The molecule has 0 aliphatic rings. The number of ether oxygens (including phenoxy) is 1. The number of nitrogens with two attached hydrogens (primary N) is 1. The first kappa shape index (κ1) is 9.80. The lowest BCUT2D eigenvalue weighted by molar-refractivity contribution is 0.313. The molecule has 0 aliphatic carbocycles. The second-order valence-electron chi connectivity index (χ2n) is 2.44. The third-order valence-corrected chi connectivity index (χ3v) is 2.15. The third-order valence-electron chi connectivity index (χ3n) is 1.43. The number of hydrogen-bond acceptors (Lipinski definition) is 2. The van der Waals surface area contributed by atoms with E-state index in [1.807, 2.05) is 24.3 Å². The maximum atomic E-state index is 5.42. The summed E-state index contributed by atoms with van der Waals surface area (Å²) in [6.07, 6.45) is 0.909. The van der Waals surface area contributed by atoms with Crippen molar-refractivity contribution in [1.82, 2.24) is 0 Å². The van der Waals surface area contributed by atoms with E-state index in [0.717, 1.165) is 12.2 Å². The molecule has 2 nitrogen and oxygen atoms in total. The van der Waals surface area contributed by atoms with Crippen LogP contribution in [0.25, 0.3) is 0 Å². The van der Waals surface area contributed by atoms with Crippen molar-refractivity contribution in [3.8, 4) is 5.75 Å². The summed E-state index contributed by atoms with van der Waals surface area (Å²) in [7, 11) is 0. The van der Waals surface area contributed by atoms with Crippen molar-refractivity contribution in [1.29, 1.82) is 0 Å². The van der Waals surface area contributed by atoms with Gasteiger partial charge in [0.25, 0.3) is 0 Å². The molecule has 3 heteroatoms. The molecule has 1 aromatic rings. The fourth-order valence-corrected chi connectivity index (χ4v) is 1.16. The monoisotopic (exact) mass is 277 g/mol. The van der Waals surface area contributed by atoms with E-state index in [4.69, 9.17) is 10.5 Å². The Kier molecular flexibility index (Phi) is 4.39. The summed E-state index contributed by atoms with van der Waals surface area (Å²) in [6.45, 7) is 1.39. The highest BCUT2D eigenvalue weighted by Crippen LogP contribution is 2.13. The summed E-state index contributed by atoms with van der Waals surface area (Å²) in [5, 5.41) is 0. The Morgan fingerprint density at radius 1 is 1.25 bits per heavy atom. The minimum Gasteiger partial charge on any atom is -0.494 e. The maximum absolute atomic E-state index is 5.42. The van der Waals surface area contributed by atoms with E-state index in [1.165, 1.54) is 3.57 Å². The molecule has 0 bridgehead atoms. The molecule has 1 rings (SSSR count). The van der Waals surface area contributed by atoms with Gasteiger partial charge in [-0.2, -0.15) is 0 Å². The first-order chi connectivity index (χ1) is 5.83. The van der Waals surface area contributed by atoms with E-state index < -0.39 is 0 Å². The number of benzene rings is 1. The summed E-state index contributed by atoms with van der Waals surface area (Å²) in [5.74, 6) is 0.920. The minimum atomic E-state index is 0.685. The van der Waals surface area contributed by atoms with Crippen LogP contribution in [0.15, 0.2) is 24.3 Å². The molecule has 0 aliphatic heterocycles. The highest BCUT2D eigenvalue weighted by atomic mass is 127. The minimum absolute atomic E-state index is 0.685. The molecule has 0 unspecified atom stereocenters. The summed E-state index contributed by atoms with van der Waals surface area (Å²) < 4.78 is 6.64.